The number of nitrogens with one attached hydrogen (secondary N) is 2. The highest BCUT2D eigenvalue weighted by Crippen LogP contribution is 2.19. The van der Waals surface area contributed by atoms with Crippen molar-refractivity contribution in [3.05, 3.63) is 47.5 Å². The van der Waals surface area contributed by atoms with Crippen molar-refractivity contribution in [1.29, 1.82) is 0 Å². The molecule has 7 nitrogen and oxygen atoms in total. The Morgan fingerprint density at radius 2 is 2.33 bits per heavy atom. The molecule has 3 heterocycles. The third-order valence-corrected chi connectivity index (χ3v) is 4.01. The van der Waals surface area contributed by atoms with Gasteiger partial charge in [0.2, 0.25) is 11.8 Å². The quantitative estimate of drug-likeness (QED) is 0.654. The van der Waals surface area contributed by atoms with Crippen molar-refractivity contribution in [3.8, 4) is 0 Å². The average Bonchev–Trinajstić information content (AvgIpc) is 3.24. The molecule has 124 valence electrons. The molecule has 1 aliphatic rings. The molecular formula is C16H16ClN5O2. The molecule has 24 heavy (non-hydrogen) atoms. The molecule has 0 aromatic carbocycles. The Morgan fingerprint density at radius 1 is 1.46 bits per heavy atom. The molecule has 1 atom stereocenters. The van der Waals surface area contributed by atoms with Gasteiger partial charge in [0.25, 0.3) is 0 Å². The van der Waals surface area contributed by atoms with E-state index >= 15 is 0 Å². The number of aromatic amines is 1. The Bertz CT molecular complexity index is 760. The Hall–Kier alpha value is -2.67. The summed E-state index contributed by atoms with van der Waals surface area (Å²) in [6.45, 7) is 0.966. The van der Waals surface area contributed by atoms with Crippen LogP contribution < -0.4 is 5.32 Å². The first-order valence-electron chi connectivity index (χ1n) is 7.50. The fourth-order valence-electron chi connectivity index (χ4n) is 2.53. The van der Waals surface area contributed by atoms with Gasteiger partial charge in [-0.2, -0.15) is 5.10 Å². The number of H-pyrrole nitrogens is 1. The van der Waals surface area contributed by atoms with Gasteiger partial charge in [0.15, 0.2) is 0 Å². The third kappa shape index (κ3) is 3.99. The van der Waals surface area contributed by atoms with Gasteiger partial charge in [0.1, 0.15) is 5.15 Å². The van der Waals surface area contributed by atoms with Crippen LogP contribution in [0.3, 0.4) is 0 Å². The van der Waals surface area contributed by atoms with E-state index in [0.29, 0.717) is 30.4 Å². The van der Waals surface area contributed by atoms with Crippen LogP contribution in [0.1, 0.15) is 12.0 Å². The summed E-state index contributed by atoms with van der Waals surface area (Å²) < 4.78 is 0. The lowest BCUT2D eigenvalue weighted by atomic mass is 10.1. The monoisotopic (exact) mass is 345 g/mol. The number of halogens is 1. The van der Waals surface area contributed by atoms with Crippen LogP contribution in [0.4, 0.5) is 5.69 Å². The van der Waals surface area contributed by atoms with E-state index in [1.54, 1.807) is 41.7 Å². The Kier molecular flexibility index (Phi) is 4.90. The normalized spacial score (nSPS) is 17.4. The smallest absolute Gasteiger partial charge is 0.246 e. The Balaban J connectivity index is 1.55. The largest absolute Gasteiger partial charge is 0.338 e. The molecule has 0 spiro atoms. The Morgan fingerprint density at radius 3 is 3.08 bits per heavy atom. The van der Waals surface area contributed by atoms with Crippen LogP contribution in [0.25, 0.3) is 6.08 Å². The number of rotatable bonds is 4. The highest BCUT2D eigenvalue weighted by molar-refractivity contribution is 6.29. The fourth-order valence-corrected chi connectivity index (χ4v) is 2.71. The number of anilines is 1. The molecule has 2 aromatic rings. The van der Waals surface area contributed by atoms with Gasteiger partial charge in [-0.25, -0.2) is 4.98 Å². The van der Waals surface area contributed by atoms with E-state index in [4.69, 9.17) is 11.6 Å². The van der Waals surface area contributed by atoms with E-state index < -0.39 is 0 Å². The number of pyridine rings is 1. The molecule has 8 heteroatoms. The topological polar surface area (TPSA) is 91.0 Å². The number of hydrogen-bond donors (Lipinski definition) is 2. The van der Waals surface area contributed by atoms with E-state index in [2.05, 4.69) is 20.5 Å². The lowest BCUT2D eigenvalue weighted by Gasteiger charge is -2.14. The summed E-state index contributed by atoms with van der Waals surface area (Å²) in [6, 6.07) is 3.44. The molecule has 0 aliphatic carbocycles. The summed E-state index contributed by atoms with van der Waals surface area (Å²) in [4.78, 5) is 30.0. The Labute approximate surface area is 143 Å². The highest BCUT2D eigenvalue weighted by atomic mass is 35.5. The zero-order valence-corrected chi connectivity index (χ0v) is 13.5. The minimum absolute atomic E-state index is 0.100. The number of nitrogens with zero attached hydrogens (tertiary/aromatic N) is 3. The number of amides is 2. The van der Waals surface area contributed by atoms with Crippen LogP contribution >= 0.6 is 11.6 Å². The van der Waals surface area contributed by atoms with Crippen LogP contribution in [-0.4, -0.2) is 45.0 Å². The highest BCUT2D eigenvalue weighted by Gasteiger charge is 2.30. The molecule has 0 bridgehead atoms. The van der Waals surface area contributed by atoms with Gasteiger partial charge in [-0.3, -0.25) is 14.7 Å². The summed E-state index contributed by atoms with van der Waals surface area (Å²) in [5.41, 5.74) is 1.43. The summed E-state index contributed by atoms with van der Waals surface area (Å²) in [6.07, 6.45) is 8.55. The molecular weight excluding hydrogens is 330 g/mol. The maximum atomic E-state index is 12.2. The number of aromatic nitrogens is 3. The van der Waals surface area contributed by atoms with Gasteiger partial charge in [-0.1, -0.05) is 11.6 Å². The molecule has 3 rings (SSSR count). The molecule has 0 saturated carbocycles. The van der Waals surface area contributed by atoms with Crippen LogP contribution in [0.2, 0.25) is 5.15 Å². The number of hydrogen-bond acceptors (Lipinski definition) is 4. The minimum atomic E-state index is -0.215. The van der Waals surface area contributed by atoms with E-state index in [0.717, 1.165) is 5.56 Å². The van der Waals surface area contributed by atoms with Crippen molar-refractivity contribution in [2.24, 2.45) is 5.92 Å². The summed E-state index contributed by atoms with van der Waals surface area (Å²) >= 11 is 5.81. The standard InChI is InChI=1S/C16H16ClN5O2/c17-14-7-11(3-5-18-14)1-2-15(23)22-6-4-12(10-22)16(24)21-13-8-19-20-9-13/h1-3,5,7-9,12H,4,6,10H2,(H,19,20)(H,21,24)/b2-1+. The van der Waals surface area contributed by atoms with Crippen LogP contribution in [0.5, 0.6) is 0 Å². The first-order chi connectivity index (χ1) is 11.6. The van der Waals surface area contributed by atoms with Crippen molar-refractivity contribution in [2.45, 2.75) is 6.42 Å². The van der Waals surface area contributed by atoms with Gasteiger partial charge in [-0.05, 0) is 30.2 Å². The second kappa shape index (κ2) is 7.27. The molecule has 1 aliphatic heterocycles. The van der Waals surface area contributed by atoms with Crippen LogP contribution in [-0.2, 0) is 9.59 Å². The van der Waals surface area contributed by atoms with Crippen molar-refractivity contribution >= 4 is 35.2 Å². The second-order valence-corrected chi connectivity index (χ2v) is 5.88. The van der Waals surface area contributed by atoms with Crippen molar-refractivity contribution in [1.82, 2.24) is 20.1 Å². The van der Waals surface area contributed by atoms with E-state index in [-0.39, 0.29) is 17.7 Å². The predicted octanol–water partition coefficient (Wildman–Crippen LogP) is 1.96. The molecule has 2 aromatic heterocycles. The van der Waals surface area contributed by atoms with Gasteiger partial charge < -0.3 is 10.2 Å². The number of likely N-dealkylation sites (tertiary alicyclic amines) is 1. The first kappa shape index (κ1) is 16.2. The van der Waals surface area contributed by atoms with Crippen molar-refractivity contribution in [2.75, 3.05) is 18.4 Å². The lowest BCUT2D eigenvalue weighted by molar-refractivity contribution is -0.125. The molecule has 1 fully saturated rings. The summed E-state index contributed by atoms with van der Waals surface area (Å²) in [5.74, 6) is -0.439. The molecule has 2 N–H and O–H groups in total. The predicted molar refractivity (Wildman–Crippen MR) is 90.2 cm³/mol. The number of carbonyl (C=O) groups excluding carboxylic acids is 2. The van der Waals surface area contributed by atoms with Crippen molar-refractivity contribution in [3.63, 3.8) is 0 Å². The van der Waals surface area contributed by atoms with Gasteiger partial charge in [-0.15, -0.1) is 0 Å². The van der Waals surface area contributed by atoms with Gasteiger partial charge in [0.05, 0.1) is 17.8 Å². The van der Waals surface area contributed by atoms with Gasteiger partial charge in [0, 0.05) is 31.6 Å². The SMILES string of the molecule is O=C(Nc1cn[nH]c1)C1CCN(C(=O)/C=C/c2ccnc(Cl)c2)C1. The van der Waals surface area contributed by atoms with E-state index in [9.17, 15) is 9.59 Å². The second-order valence-electron chi connectivity index (χ2n) is 5.49. The number of carbonyl (C=O) groups is 2. The summed E-state index contributed by atoms with van der Waals surface area (Å²) in [7, 11) is 0. The zero-order valence-electron chi connectivity index (χ0n) is 12.8. The first-order valence-corrected chi connectivity index (χ1v) is 7.88. The average molecular weight is 346 g/mol. The molecule has 1 saturated heterocycles. The zero-order chi connectivity index (χ0) is 16.9. The fraction of sp³-hybridized carbons (Fsp3) is 0.250. The summed E-state index contributed by atoms with van der Waals surface area (Å²) in [5, 5.41) is 9.57. The minimum Gasteiger partial charge on any atom is -0.338 e. The molecule has 2 amide bonds. The van der Waals surface area contributed by atoms with Crippen LogP contribution in [0, 0.1) is 5.92 Å². The third-order valence-electron chi connectivity index (χ3n) is 3.81. The van der Waals surface area contributed by atoms with Crippen molar-refractivity contribution < 1.29 is 9.59 Å². The van der Waals surface area contributed by atoms with E-state index in [1.165, 1.54) is 6.08 Å². The molecule has 1 unspecified atom stereocenters. The maximum Gasteiger partial charge on any atom is 0.246 e. The maximum absolute atomic E-state index is 12.2. The van der Waals surface area contributed by atoms with Gasteiger partial charge >= 0.3 is 0 Å². The lowest BCUT2D eigenvalue weighted by Crippen LogP contribution is -2.30. The van der Waals surface area contributed by atoms with E-state index in [1.807, 2.05) is 0 Å². The molecule has 0 radical (unpaired) electrons. The van der Waals surface area contributed by atoms with Crippen LogP contribution in [0.15, 0.2) is 36.8 Å².